The van der Waals surface area contributed by atoms with Crippen LogP contribution in [-0.2, 0) is 13.1 Å². The van der Waals surface area contributed by atoms with Crippen molar-refractivity contribution in [2.45, 2.75) is 13.1 Å². The van der Waals surface area contributed by atoms with Crippen molar-refractivity contribution in [3.63, 3.8) is 0 Å². The van der Waals surface area contributed by atoms with Crippen LogP contribution in [0.1, 0.15) is 15.3 Å². The third kappa shape index (κ3) is 5.59. The van der Waals surface area contributed by atoms with Crippen LogP contribution in [0.15, 0.2) is 59.4 Å². The lowest BCUT2D eigenvalue weighted by Crippen LogP contribution is -2.29. The van der Waals surface area contributed by atoms with E-state index in [1.54, 1.807) is 12.1 Å². The number of nitrogens with zero attached hydrogens (tertiary/aromatic N) is 3. The Kier molecular flexibility index (Phi) is 6.67. The molecule has 0 saturated carbocycles. The Morgan fingerprint density at radius 3 is 2.90 bits per heavy atom. The van der Waals surface area contributed by atoms with Crippen molar-refractivity contribution < 1.29 is 14.3 Å². The molecule has 2 heterocycles. The largest absolute Gasteiger partial charge is 0.465 e. The van der Waals surface area contributed by atoms with Gasteiger partial charge in [-0.2, -0.15) is 5.10 Å². The van der Waals surface area contributed by atoms with Gasteiger partial charge in [0.1, 0.15) is 6.33 Å². The summed E-state index contributed by atoms with van der Waals surface area (Å²) in [6.45, 7) is -0.0827. The second kappa shape index (κ2) is 9.58. The second-order valence-electron chi connectivity index (χ2n) is 6.27. The van der Waals surface area contributed by atoms with Gasteiger partial charge in [0, 0.05) is 22.7 Å². The molecule has 0 radical (unpaired) electrons. The zero-order valence-corrected chi connectivity index (χ0v) is 16.5. The molecule has 0 fully saturated rings. The smallest absolute Gasteiger partial charge is 0.404 e. The number of anilines is 1. The molecule has 0 aliphatic rings. The Labute approximate surface area is 175 Å². The molecule has 30 heavy (non-hydrogen) atoms. The van der Waals surface area contributed by atoms with Crippen molar-refractivity contribution in [3.05, 3.63) is 80.4 Å². The topological polar surface area (TPSA) is 115 Å². The van der Waals surface area contributed by atoms with E-state index in [1.165, 1.54) is 22.2 Å². The lowest BCUT2D eigenvalue weighted by molar-refractivity contribution is 0.195. The molecule has 0 atom stereocenters. The summed E-state index contributed by atoms with van der Waals surface area (Å²) in [5.74, 6) is 6.12. The SMILES string of the molecule is Nc1cccc(C#Cc2ccc(Cn3cnn(C/C(=C/F)CNC(=O)O)c3=O)s2)c1. The molecule has 1 amide bonds. The van der Waals surface area contributed by atoms with Crippen molar-refractivity contribution in [2.75, 3.05) is 12.3 Å². The number of nitrogen functional groups attached to an aromatic ring is 1. The highest BCUT2D eigenvalue weighted by Crippen LogP contribution is 2.16. The van der Waals surface area contributed by atoms with E-state index < -0.39 is 11.8 Å². The first-order chi connectivity index (χ1) is 14.4. The maximum Gasteiger partial charge on any atom is 0.404 e. The molecule has 0 spiro atoms. The monoisotopic (exact) mass is 427 g/mol. The molecule has 1 aromatic carbocycles. The van der Waals surface area contributed by atoms with Gasteiger partial charge in [-0.1, -0.05) is 17.9 Å². The van der Waals surface area contributed by atoms with E-state index in [0.29, 0.717) is 12.2 Å². The Balaban J connectivity index is 1.67. The Morgan fingerprint density at radius 2 is 2.17 bits per heavy atom. The van der Waals surface area contributed by atoms with E-state index in [1.807, 2.05) is 24.3 Å². The Hall–Kier alpha value is -3.84. The Bertz CT molecular complexity index is 1200. The predicted molar refractivity (Wildman–Crippen MR) is 112 cm³/mol. The normalized spacial score (nSPS) is 11.0. The number of amides is 1. The van der Waals surface area contributed by atoms with Gasteiger partial charge in [0.25, 0.3) is 0 Å². The molecule has 0 aliphatic carbocycles. The molecule has 3 rings (SSSR count). The first-order valence-corrected chi connectivity index (χ1v) is 9.59. The van der Waals surface area contributed by atoms with Gasteiger partial charge in [0.15, 0.2) is 0 Å². The molecule has 10 heteroatoms. The summed E-state index contributed by atoms with van der Waals surface area (Å²) in [4.78, 5) is 24.7. The molecule has 0 unspecified atom stereocenters. The van der Waals surface area contributed by atoms with Crippen LogP contribution in [0.3, 0.4) is 0 Å². The number of carbonyl (C=O) groups is 1. The minimum Gasteiger partial charge on any atom is -0.465 e. The molecule has 3 aromatic rings. The van der Waals surface area contributed by atoms with Gasteiger partial charge in [0.05, 0.1) is 24.3 Å². The predicted octanol–water partition coefficient (Wildman–Crippen LogP) is 2.26. The van der Waals surface area contributed by atoms with Crippen molar-refractivity contribution in [2.24, 2.45) is 0 Å². The maximum atomic E-state index is 12.9. The number of aromatic nitrogens is 3. The van der Waals surface area contributed by atoms with E-state index in [4.69, 9.17) is 10.8 Å². The number of hydrogen-bond donors (Lipinski definition) is 3. The highest BCUT2D eigenvalue weighted by atomic mass is 32.1. The summed E-state index contributed by atoms with van der Waals surface area (Å²) in [6.07, 6.45) is 0.353. The van der Waals surface area contributed by atoms with Gasteiger partial charge < -0.3 is 16.2 Å². The average molecular weight is 427 g/mol. The Morgan fingerprint density at radius 1 is 1.33 bits per heavy atom. The van der Waals surface area contributed by atoms with Crippen LogP contribution in [-0.4, -0.2) is 32.1 Å². The second-order valence-corrected chi connectivity index (χ2v) is 7.43. The van der Waals surface area contributed by atoms with Crippen LogP contribution in [0.25, 0.3) is 0 Å². The highest BCUT2D eigenvalue weighted by molar-refractivity contribution is 7.12. The minimum atomic E-state index is -1.28. The highest BCUT2D eigenvalue weighted by Gasteiger charge is 2.10. The third-order valence-electron chi connectivity index (χ3n) is 3.98. The lowest BCUT2D eigenvalue weighted by Gasteiger charge is -2.05. The fourth-order valence-electron chi connectivity index (χ4n) is 2.55. The van der Waals surface area contributed by atoms with Gasteiger partial charge in [-0.25, -0.2) is 18.7 Å². The molecule has 0 aliphatic heterocycles. The van der Waals surface area contributed by atoms with Crippen LogP contribution in [0, 0.1) is 11.8 Å². The van der Waals surface area contributed by atoms with Gasteiger partial charge >= 0.3 is 11.8 Å². The first-order valence-electron chi connectivity index (χ1n) is 8.78. The zero-order valence-electron chi connectivity index (χ0n) is 15.7. The van der Waals surface area contributed by atoms with Crippen LogP contribution >= 0.6 is 11.3 Å². The van der Waals surface area contributed by atoms with Gasteiger partial charge in [-0.3, -0.25) is 4.57 Å². The van der Waals surface area contributed by atoms with E-state index >= 15 is 0 Å². The number of halogens is 1. The number of hydrogen-bond acceptors (Lipinski definition) is 5. The quantitative estimate of drug-likeness (QED) is 0.412. The standard InChI is InChI=1S/C20H18FN5O3S/c21-9-15(10-23-19(27)28)11-26-20(29)25(13-24-26)12-18-7-6-17(30-18)5-4-14-2-1-3-16(22)8-14/h1-3,6-9,13,23H,10-12,22H2,(H,27,28)/b15-9+. The van der Waals surface area contributed by atoms with Crippen molar-refractivity contribution in [1.29, 1.82) is 0 Å². The minimum absolute atomic E-state index is 0.0833. The summed E-state index contributed by atoms with van der Waals surface area (Å²) in [7, 11) is 0. The van der Waals surface area contributed by atoms with Crippen molar-refractivity contribution in [1.82, 2.24) is 19.7 Å². The number of benzene rings is 1. The van der Waals surface area contributed by atoms with E-state index in [-0.39, 0.29) is 25.0 Å². The molecule has 154 valence electrons. The molecular weight excluding hydrogens is 409 g/mol. The van der Waals surface area contributed by atoms with Crippen LogP contribution in [0.5, 0.6) is 0 Å². The van der Waals surface area contributed by atoms with Crippen molar-refractivity contribution in [3.8, 4) is 11.8 Å². The summed E-state index contributed by atoms with van der Waals surface area (Å²) in [6, 6.07) is 11.0. The maximum absolute atomic E-state index is 12.9. The van der Waals surface area contributed by atoms with E-state index in [9.17, 15) is 14.0 Å². The molecule has 8 nitrogen and oxygen atoms in total. The van der Waals surface area contributed by atoms with Gasteiger partial charge in [0.2, 0.25) is 0 Å². The molecule has 0 bridgehead atoms. The number of thiophene rings is 1. The lowest BCUT2D eigenvalue weighted by atomic mass is 10.2. The fraction of sp³-hybridized carbons (Fsp3) is 0.150. The number of rotatable bonds is 6. The van der Waals surface area contributed by atoms with Crippen LogP contribution in [0.2, 0.25) is 0 Å². The molecule has 2 aromatic heterocycles. The van der Waals surface area contributed by atoms with Crippen molar-refractivity contribution >= 4 is 23.1 Å². The van der Waals surface area contributed by atoms with Gasteiger partial charge in [-0.05, 0) is 35.9 Å². The number of nitrogens with one attached hydrogen (secondary N) is 1. The average Bonchev–Trinajstić information content (AvgIpc) is 3.31. The molecular formula is C20H18FN5O3S. The number of nitrogens with two attached hydrogens (primary N) is 1. The van der Waals surface area contributed by atoms with E-state index in [0.717, 1.165) is 20.0 Å². The zero-order chi connectivity index (χ0) is 21.5. The fourth-order valence-corrected chi connectivity index (χ4v) is 3.41. The third-order valence-corrected chi connectivity index (χ3v) is 4.96. The number of carboxylic acid groups (broad SMARTS) is 1. The molecule has 0 saturated heterocycles. The van der Waals surface area contributed by atoms with E-state index in [2.05, 4.69) is 22.3 Å². The summed E-state index contributed by atoms with van der Waals surface area (Å²) in [5.41, 5.74) is 6.87. The summed E-state index contributed by atoms with van der Waals surface area (Å²) in [5, 5.41) is 14.6. The summed E-state index contributed by atoms with van der Waals surface area (Å²) < 4.78 is 15.4. The van der Waals surface area contributed by atoms with Crippen LogP contribution < -0.4 is 16.7 Å². The first kappa shape index (κ1) is 20.9. The van der Waals surface area contributed by atoms with Gasteiger partial charge in [-0.15, -0.1) is 11.3 Å². The summed E-state index contributed by atoms with van der Waals surface area (Å²) >= 11 is 1.45. The van der Waals surface area contributed by atoms with Crippen LogP contribution in [0.4, 0.5) is 14.9 Å². The molecule has 4 N–H and O–H groups in total.